The SMILES string of the molecule is CS(=O)(=O)N(c1cccc(SCCC=C(F)F)c1ON=N)S(C)(=O)=O. The van der Waals surface area contributed by atoms with Crippen LogP contribution in [0.3, 0.4) is 0 Å². The van der Waals surface area contributed by atoms with Gasteiger partial charge in [-0.25, -0.2) is 16.8 Å². The van der Waals surface area contributed by atoms with Crippen molar-refractivity contribution in [1.82, 2.24) is 0 Å². The van der Waals surface area contributed by atoms with Crippen LogP contribution in [0.25, 0.3) is 0 Å². The normalized spacial score (nSPS) is 11.7. The quantitative estimate of drug-likeness (QED) is 0.287. The van der Waals surface area contributed by atoms with Crippen LogP contribution in [0.5, 0.6) is 5.75 Å². The second-order valence-electron chi connectivity index (χ2n) is 4.64. The molecule has 0 saturated carbocycles. The maximum Gasteiger partial charge on any atom is 0.266 e. The fraction of sp³-hybridized carbons (Fsp3) is 0.333. The second-order valence-corrected chi connectivity index (χ2v) is 9.67. The number of hydrogen-bond acceptors (Lipinski definition) is 8. The third-order valence-corrected chi connectivity index (χ3v) is 6.86. The fourth-order valence-electron chi connectivity index (χ4n) is 1.84. The summed E-state index contributed by atoms with van der Waals surface area (Å²) in [7, 11) is -8.45. The summed E-state index contributed by atoms with van der Waals surface area (Å²) < 4.78 is 71.8. The Morgan fingerprint density at radius 2 is 1.88 bits per heavy atom. The van der Waals surface area contributed by atoms with E-state index in [1.807, 2.05) is 0 Å². The number of nitrogens with one attached hydrogen (secondary N) is 1. The average Bonchev–Trinajstić information content (AvgIpc) is 2.43. The molecular formula is C12H15F2N3O5S3. The summed E-state index contributed by atoms with van der Waals surface area (Å²) in [4.78, 5) is 5.00. The van der Waals surface area contributed by atoms with E-state index >= 15 is 0 Å². The van der Waals surface area contributed by atoms with Gasteiger partial charge in [-0.1, -0.05) is 6.07 Å². The highest BCUT2D eigenvalue weighted by atomic mass is 32.3. The van der Waals surface area contributed by atoms with Crippen LogP contribution in [0.4, 0.5) is 14.5 Å². The largest absolute Gasteiger partial charge is 0.336 e. The van der Waals surface area contributed by atoms with E-state index in [1.165, 1.54) is 18.2 Å². The van der Waals surface area contributed by atoms with Crippen molar-refractivity contribution in [3.63, 3.8) is 0 Å². The van der Waals surface area contributed by atoms with Crippen molar-refractivity contribution in [2.24, 2.45) is 5.28 Å². The molecule has 1 aromatic rings. The van der Waals surface area contributed by atoms with Gasteiger partial charge in [0.1, 0.15) is 5.69 Å². The molecule has 0 spiro atoms. The first-order valence-electron chi connectivity index (χ1n) is 6.49. The molecule has 1 rings (SSSR count). The van der Waals surface area contributed by atoms with Gasteiger partial charge >= 0.3 is 0 Å². The highest BCUT2D eigenvalue weighted by Crippen LogP contribution is 2.40. The molecule has 25 heavy (non-hydrogen) atoms. The van der Waals surface area contributed by atoms with Gasteiger partial charge in [-0.3, -0.25) is 0 Å². The maximum absolute atomic E-state index is 12.0. The van der Waals surface area contributed by atoms with Crippen LogP contribution in [0.15, 0.2) is 40.5 Å². The molecule has 0 fully saturated rings. The van der Waals surface area contributed by atoms with Crippen molar-refractivity contribution >= 4 is 37.5 Å². The Labute approximate surface area is 148 Å². The highest BCUT2D eigenvalue weighted by molar-refractivity contribution is 8.09. The summed E-state index contributed by atoms with van der Waals surface area (Å²) in [6.07, 6.45) is 0.309. The van der Waals surface area contributed by atoms with Gasteiger partial charge in [0.15, 0.2) is 5.75 Å². The van der Waals surface area contributed by atoms with Crippen LogP contribution in [0.1, 0.15) is 6.42 Å². The lowest BCUT2D eigenvalue weighted by molar-refractivity contribution is 0.293. The Kier molecular flexibility index (Phi) is 7.31. The van der Waals surface area contributed by atoms with E-state index in [9.17, 15) is 25.6 Å². The minimum atomic E-state index is -4.23. The molecule has 0 atom stereocenters. The predicted octanol–water partition coefficient (Wildman–Crippen LogP) is 3.00. The maximum atomic E-state index is 12.0. The Hall–Kier alpha value is -1.73. The molecule has 140 valence electrons. The molecule has 0 unspecified atom stereocenters. The van der Waals surface area contributed by atoms with Gasteiger partial charge in [0.2, 0.25) is 20.0 Å². The molecule has 0 aliphatic carbocycles. The van der Waals surface area contributed by atoms with E-state index in [4.69, 9.17) is 10.4 Å². The zero-order valence-corrected chi connectivity index (χ0v) is 15.6. The summed E-state index contributed by atoms with van der Waals surface area (Å²) in [5.74, 6) is -0.0875. The number of anilines is 1. The van der Waals surface area contributed by atoms with Crippen molar-refractivity contribution in [2.45, 2.75) is 11.3 Å². The molecule has 0 aliphatic heterocycles. The number of hydrogen-bond donors (Lipinski definition) is 1. The lowest BCUT2D eigenvalue weighted by atomic mass is 10.3. The van der Waals surface area contributed by atoms with Crippen molar-refractivity contribution in [3.05, 3.63) is 30.4 Å². The van der Waals surface area contributed by atoms with Crippen molar-refractivity contribution in [1.29, 1.82) is 5.53 Å². The molecule has 0 aromatic heterocycles. The molecule has 0 aliphatic rings. The minimum absolute atomic E-state index is 0.0244. The number of rotatable bonds is 9. The average molecular weight is 415 g/mol. The number of nitrogens with zero attached hydrogens (tertiary/aromatic N) is 2. The topological polar surface area (TPSA) is 117 Å². The van der Waals surface area contributed by atoms with E-state index in [0.717, 1.165) is 11.8 Å². The number of para-hydroxylation sites is 1. The molecule has 13 heteroatoms. The Morgan fingerprint density at radius 3 is 2.36 bits per heavy atom. The second kappa shape index (κ2) is 8.58. The zero-order valence-electron chi connectivity index (χ0n) is 13.1. The summed E-state index contributed by atoms with van der Waals surface area (Å²) in [6, 6.07) is 4.02. The number of sulfonamides is 2. The minimum Gasteiger partial charge on any atom is -0.336 e. The first-order chi connectivity index (χ1) is 11.5. The van der Waals surface area contributed by atoms with Gasteiger partial charge in [0.05, 0.1) is 17.4 Å². The Bertz CT molecular complexity index is 836. The van der Waals surface area contributed by atoms with E-state index < -0.39 is 26.1 Å². The first-order valence-corrected chi connectivity index (χ1v) is 11.2. The van der Waals surface area contributed by atoms with Gasteiger partial charge < -0.3 is 4.84 Å². The summed E-state index contributed by atoms with van der Waals surface area (Å²) in [6.45, 7) is 0. The molecule has 8 nitrogen and oxygen atoms in total. The van der Waals surface area contributed by atoms with Crippen LogP contribution < -0.4 is 8.55 Å². The summed E-state index contributed by atoms with van der Waals surface area (Å²) >= 11 is 1.02. The van der Waals surface area contributed by atoms with Gasteiger partial charge in [0, 0.05) is 11.0 Å². The summed E-state index contributed by atoms with van der Waals surface area (Å²) in [5, 5.41) is 2.72. The van der Waals surface area contributed by atoms with E-state index in [0.29, 0.717) is 18.6 Å². The van der Waals surface area contributed by atoms with Crippen molar-refractivity contribution in [3.8, 4) is 5.75 Å². The monoisotopic (exact) mass is 415 g/mol. The van der Waals surface area contributed by atoms with Crippen molar-refractivity contribution in [2.75, 3.05) is 22.0 Å². The lowest BCUT2D eigenvalue weighted by Gasteiger charge is -2.22. The molecule has 1 N–H and O–H groups in total. The lowest BCUT2D eigenvalue weighted by Crippen LogP contribution is -2.35. The number of thioether (sulfide) groups is 1. The van der Waals surface area contributed by atoms with Crippen LogP contribution in [-0.2, 0) is 20.0 Å². The molecule has 0 radical (unpaired) electrons. The molecule has 0 saturated heterocycles. The smallest absolute Gasteiger partial charge is 0.266 e. The third kappa shape index (κ3) is 6.25. The van der Waals surface area contributed by atoms with E-state index in [1.54, 1.807) is 0 Å². The Balaban J connectivity index is 3.38. The number of halogens is 2. The molecule has 0 heterocycles. The highest BCUT2D eigenvalue weighted by Gasteiger charge is 2.31. The zero-order chi connectivity index (χ0) is 19.3. The van der Waals surface area contributed by atoms with Crippen LogP contribution in [-0.4, -0.2) is 35.1 Å². The predicted molar refractivity (Wildman–Crippen MR) is 90.0 cm³/mol. The number of benzene rings is 1. The van der Waals surface area contributed by atoms with E-state index in [-0.39, 0.29) is 32.2 Å². The third-order valence-electron chi connectivity index (χ3n) is 2.57. The van der Waals surface area contributed by atoms with Crippen molar-refractivity contribution < 1.29 is 30.5 Å². The fourth-order valence-corrected chi connectivity index (χ4v) is 5.71. The van der Waals surface area contributed by atoms with Gasteiger partial charge in [0.25, 0.3) is 6.08 Å². The van der Waals surface area contributed by atoms with Crippen LogP contribution >= 0.6 is 11.8 Å². The van der Waals surface area contributed by atoms with E-state index in [2.05, 4.69) is 5.28 Å². The van der Waals surface area contributed by atoms with Gasteiger partial charge in [-0.15, -0.1) is 11.8 Å². The van der Waals surface area contributed by atoms with Gasteiger partial charge in [-0.2, -0.15) is 18.0 Å². The molecule has 0 amide bonds. The van der Waals surface area contributed by atoms with Crippen LogP contribution in [0, 0.1) is 5.53 Å². The molecule has 1 aromatic carbocycles. The molecular weight excluding hydrogens is 400 g/mol. The standard InChI is InChI=1S/C12H15F2N3O5S3/c1-24(18,19)17(25(2,20)21)9-5-3-6-10(12(9)22-16-15)23-8-4-7-11(13)14/h3,5-7,15H,4,8H2,1-2H3. The molecule has 0 bridgehead atoms. The number of allylic oxidation sites excluding steroid dienone is 1. The van der Waals surface area contributed by atoms with Crippen LogP contribution in [0.2, 0.25) is 0 Å². The van der Waals surface area contributed by atoms with Gasteiger partial charge in [-0.05, 0) is 24.6 Å². The summed E-state index contributed by atoms with van der Waals surface area (Å²) in [5.41, 5.74) is 6.47. The first kappa shape index (κ1) is 21.3. The Morgan fingerprint density at radius 1 is 1.28 bits per heavy atom.